The molecule has 4 nitrogen and oxygen atoms in total. The van der Waals surface area contributed by atoms with Gasteiger partial charge in [0, 0.05) is 17.4 Å². The van der Waals surface area contributed by atoms with Crippen molar-refractivity contribution < 1.29 is 0 Å². The van der Waals surface area contributed by atoms with E-state index in [0.717, 1.165) is 16.8 Å². The van der Waals surface area contributed by atoms with E-state index < -0.39 is 0 Å². The summed E-state index contributed by atoms with van der Waals surface area (Å²) >= 11 is 0. The Kier molecular flexibility index (Phi) is 2.95. The lowest BCUT2D eigenvalue weighted by Crippen LogP contribution is -2.13. The monoisotopic (exact) mass is 229 g/mol. The molecule has 1 aromatic heterocycles. The number of nitrogen functional groups attached to an aromatic ring is 1. The van der Waals surface area contributed by atoms with Gasteiger partial charge in [-0.3, -0.25) is 0 Å². The molecule has 0 spiro atoms. The van der Waals surface area contributed by atoms with Crippen molar-refractivity contribution in [3.05, 3.63) is 46.5 Å². The molecule has 2 aromatic rings. The summed E-state index contributed by atoms with van der Waals surface area (Å²) in [7, 11) is 0. The summed E-state index contributed by atoms with van der Waals surface area (Å²) in [5.41, 5.74) is 8.82. The third kappa shape index (κ3) is 2.20. The van der Waals surface area contributed by atoms with Crippen molar-refractivity contribution in [1.29, 1.82) is 0 Å². The standard InChI is InChI=1S/C13H15N3O/c1-8(2)10-7-15-13(17)16-12(10)9-5-3-4-6-11(9)14/h3-8H,14H2,1-2H3,(H,15,16,17). The molecule has 3 N–H and O–H groups in total. The van der Waals surface area contributed by atoms with Crippen molar-refractivity contribution in [2.45, 2.75) is 19.8 Å². The second-order valence-corrected chi connectivity index (χ2v) is 4.26. The van der Waals surface area contributed by atoms with Crippen LogP contribution >= 0.6 is 0 Å². The molecule has 1 aromatic carbocycles. The van der Waals surface area contributed by atoms with Crippen LogP contribution in [0.3, 0.4) is 0 Å². The van der Waals surface area contributed by atoms with Crippen LogP contribution in [-0.4, -0.2) is 9.97 Å². The zero-order valence-electron chi connectivity index (χ0n) is 9.90. The normalized spacial score (nSPS) is 10.8. The highest BCUT2D eigenvalue weighted by atomic mass is 16.1. The fourth-order valence-electron chi connectivity index (χ4n) is 1.79. The molecule has 17 heavy (non-hydrogen) atoms. The number of aromatic nitrogens is 2. The molecule has 0 atom stereocenters. The maximum absolute atomic E-state index is 11.3. The van der Waals surface area contributed by atoms with Gasteiger partial charge in [-0.2, -0.15) is 0 Å². The lowest BCUT2D eigenvalue weighted by Gasteiger charge is -2.12. The molecule has 0 fully saturated rings. The van der Waals surface area contributed by atoms with E-state index in [-0.39, 0.29) is 11.6 Å². The van der Waals surface area contributed by atoms with Crippen LogP contribution in [0.15, 0.2) is 35.3 Å². The molecular weight excluding hydrogens is 214 g/mol. The fourth-order valence-corrected chi connectivity index (χ4v) is 1.79. The average Bonchev–Trinajstić information content (AvgIpc) is 2.29. The first-order valence-corrected chi connectivity index (χ1v) is 5.53. The van der Waals surface area contributed by atoms with Gasteiger partial charge in [-0.15, -0.1) is 0 Å². The number of H-pyrrole nitrogens is 1. The summed E-state index contributed by atoms with van der Waals surface area (Å²) in [6, 6.07) is 7.48. The van der Waals surface area contributed by atoms with E-state index in [1.807, 2.05) is 24.3 Å². The van der Waals surface area contributed by atoms with Crippen LogP contribution in [0.5, 0.6) is 0 Å². The van der Waals surface area contributed by atoms with E-state index in [2.05, 4.69) is 23.8 Å². The molecule has 0 unspecified atom stereocenters. The van der Waals surface area contributed by atoms with Gasteiger partial charge in [-0.25, -0.2) is 9.78 Å². The minimum Gasteiger partial charge on any atom is -0.398 e. The highest BCUT2D eigenvalue weighted by Crippen LogP contribution is 2.29. The number of hydrogen-bond acceptors (Lipinski definition) is 3. The number of nitrogens with zero attached hydrogens (tertiary/aromatic N) is 1. The maximum Gasteiger partial charge on any atom is 0.345 e. The van der Waals surface area contributed by atoms with E-state index in [4.69, 9.17) is 5.73 Å². The van der Waals surface area contributed by atoms with E-state index >= 15 is 0 Å². The highest BCUT2D eigenvalue weighted by molar-refractivity contribution is 5.75. The molecule has 0 aliphatic carbocycles. The third-order valence-corrected chi connectivity index (χ3v) is 2.69. The molecule has 0 aliphatic heterocycles. The highest BCUT2D eigenvalue weighted by Gasteiger charge is 2.12. The second-order valence-electron chi connectivity index (χ2n) is 4.26. The van der Waals surface area contributed by atoms with E-state index in [9.17, 15) is 4.79 Å². The molecule has 4 heteroatoms. The second kappa shape index (κ2) is 4.41. The Hall–Kier alpha value is -2.10. The van der Waals surface area contributed by atoms with Gasteiger partial charge < -0.3 is 10.7 Å². The van der Waals surface area contributed by atoms with Gasteiger partial charge in [0.1, 0.15) is 0 Å². The first-order chi connectivity index (χ1) is 8.09. The van der Waals surface area contributed by atoms with Crippen LogP contribution in [0.1, 0.15) is 25.3 Å². The molecule has 0 saturated carbocycles. The Morgan fingerprint density at radius 2 is 2.00 bits per heavy atom. The van der Waals surface area contributed by atoms with Crippen LogP contribution in [-0.2, 0) is 0 Å². The number of hydrogen-bond donors (Lipinski definition) is 2. The van der Waals surface area contributed by atoms with Crippen LogP contribution in [0.25, 0.3) is 11.3 Å². The number of aromatic amines is 1. The van der Waals surface area contributed by atoms with Gasteiger partial charge in [0.15, 0.2) is 0 Å². The average molecular weight is 229 g/mol. The lowest BCUT2D eigenvalue weighted by molar-refractivity contribution is 0.842. The Morgan fingerprint density at radius 1 is 1.29 bits per heavy atom. The van der Waals surface area contributed by atoms with Crippen molar-refractivity contribution in [2.75, 3.05) is 5.73 Å². The Bertz CT molecular complexity index is 587. The first-order valence-electron chi connectivity index (χ1n) is 5.53. The Labute approximate surface area is 99.5 Å². The zero-order valence-corrected chi connectivity index (χ0v) is 9.90. The minimum absolute atomic E-state index is 0.272. The van der Waals surface area contributed by atoms with E-state index in [0.29, 0.717) is 5.69 Å². The topological polar surface area (TPSA) is 71.8 Å². The van der Waals surface area contributed by atoms with Gasteiger partial charge in [0.25, 0.3) is 0 Å². The summed E-state index contributed by atoms with van der Waals surface area (Å²) in [6.07, 6.45) is 1.62. The smallest absolute Gasteiger partial charge is 0.345 e. The number of para-hydroxylation sites is 1. The van der Waals surface area contributed by atoms with Gasteiger partial charge in [-0.05, 0) is 17.5 Å². The molecule has 0 radical (unpaired) electrons. The van der Waals surface area contributed by atoms with Crippen LogP contribution in [0.2, 0.25) is 0 Å². The van der Waals surface area contributed by atoms with Gasteiger partial charge in [-0.1, -0.05) is 32.0 Å². The summed E-state index contributed by atoms with van der Waals surface area (Å²) < 4.78 is 0. The Balaban J connectivity index is 2.70. The van der Waals surface area contributed by atoms with E-state index in [1.165, 1.54) is 0 Å². The molecule has 0 bridgehead atoms. The Morgan fingerprint density at radius 3 is 2.65 bits per heavy atom. The number of anilines is 1. The number of rotatable bonds is 2. The summed E-state index contributed by atoms with van der Waals surface area (Å²) in [4.78, 5) is 17.9. The predicted molar refractivity (Wildman–Crippen MR) is 68.8 cm³/mol. The van der Waals surface area contributed by atoms with Crippen LogP contribution < -0.4 is 11.4 Å². The summed E-state index contributed by atoms with van der Waals surface area (Å²) in [5.74, 6) is 0.272. The maximum atomic E-state index is 11.3. The van der Waals surface area contributed by atoms with Crippen molar-refractivity contribution in [1.82, 2.24) is 9.97 Å². The van der Waals surface area contributed by atoms with Gasteiger partial charge in [0.2, 0.25) is 0 Å². The molecular formula is C13H15N3O. The largest absolute Gasteiger partial charge is 0.398 e. The van der Waals surface area contributed by atoms with Crippen molar-refractivity contribution in [3.8, 4) is 11.3 Å². The van der Waals surface area contributed by atoms with Crippen molar-refractivity contribution in [2.24, 2.45) is 0 Å². The molecule has 2 rings (SSSR count). The van der Waals surface area contributed by atoms with Crippen molar-refractivity contribution in [3.63, 3.8) is 0 Å². The van der Waals surface area contributed by atoms with Gasteiger partial charge >= 0.3 is 5.69 Å². The van der Waals surface area contributed by atoms with Crippen molar-refractivity contribution >= 4 is 5.69 Å². The minimum atomic E-state index is -0.354. The molecule has 88 valence electrons. The number of nitrogens with two attached hydrogens (primary N) is 1. The van der Waals surface area contributed by atoms with Crippen LogP contribution in [0, 0.1) is 0 Å². The number of benzene rings is 1. The summed E-state index contributed by atoms with van der Waals surface area (Å²) in [6.45, 7) is 4.11. The van der Waals surface area contributed by atoms with Gasteiger partial charge in [0.05, 0.1) is 5.69 Å². The zero-order chi connectivity index (χ0) is 12.4. The molecule has 1 heterocycles. The van der Waals surface area contributed by atoms with E-state index in [1.54, 1.807) is 6.20 Å². The fraction of sp³-hybridized carbons (Fsp3) is 0.231. The first kappa shape index (κ1) is 11.4. The van der Waals surface area contributed by atoms with Crippen LogP contribution in [0.4, 0.5) is 5.69 Å². The number of nitrogens with one attached hydrogen (secondary N) is 1. The lowest BCUT2D eigenvalue weighted by atomic mass is 9.98. The molecule has 0 aliphatic rings. The quantitative estimate of drug-likeness (QED) is 0.775. The summed E-state index contributed by atoms with van der Waals surface area (Å²) in [5, 5.41) is 0. The molecule has 0 amide bonds. The SMILES string of the molecule is CC(C)c1cnc(=O)[nH]c1-c1ccccc1N. The molecule has 0 saturated heterocycles. The third-order valence-electron chi connectivity index (χ3n) is 2.69. The predicted octanol–water partition coefficient (Wildman–Crippen LogP) is 2.14.